The lowest BCUT2D eigenvalue weighted by atomic mass is 9.97. The highest BCUT2D eigenvalue weighted by Crippen LogP contribution is 2.35. The molecule has 22 heavy (non-hydrogen) atoms. The summed E-state index contributed by atoms with van der Waals surface area (Å²) in [7, 11) is 0. The van der Waals surface area contributed by atoms with Crippen LogP contribution in [0.25, 0.3) is 0 Å². The molecule has 1 unspecified atom stereocenters. The van der Waals surface area contributed by atoms with Crippen LogP contribution in [0.4, 0.5) is 13.2 Å². The topological polar surface area (TPSA) is 20.3 Å². The Labute approximate surface area is 129 Å². The van der Waals surface area contributed by atoms with E-state index in [2.05, 4.69) is 0 Å². The van der Waals surface area contributed by atoms with Gasteiger partial charge in [0.1, 0.15) is 6.54 Å². The van der Waals surface area contributed by atoms with Gasteiger partial charge in [-0.15, -0.1) is 0 Å². The number of benzene rings is 1. The van der Waals surface area contributed by atoms with E-state index < -0.39 is 18.6 Å². The second-order valence-corrected chi connectivity index (χ2v) is 6.42. The first-order valence-corrected chi connectivity index (χ1v) is 7.68. The first-order chi connectivity index (χ1) is 10.3. The summed E-state index contributed by atoms with van der Waals surface area (Å²) in [6, 6.07) is 7.89. The third-order valence-corrected chi connectivity index (χ3v) is 3.99. The summed E-state index contributed by atoms with van der Waals surface area (Å²) in [6.45, 7) is 2.63. The number of nitrogens with zero attached hydrogens (tertiary/aromatic N) is 1. The molecule has 0 heterocycles. The van der Waals surface area contributed by atoms with Gasteiger partial charge < -0.3 is 4.90 Å². The molecule has 0 N–H and O–H groups in total. The molecule has 1 amide bonds. The zero-order valence-corrected chi connectivity index (χ0v) is 13.0. The predicted molar refractivity (Wildman–Crippen MR) is 79.6 cm³/mol. The maximum Gasteiger partial charge on any atom is 0.406 e. The van der Waals surface area contributed by atoms with Crippen LogP contribution in [0.1, 0.15) is 43.7 Å². The van der Waals surface area contributed by atoms with Crippen LogP contribution in [0.15, 0.2) is 24.3 Å². The van der Waals surface area contributed by atoms with Gasteiger partial charge in [0.05, 0.1) is 0 Å². The molecule has 0 bridgehead atoms. The van der Waals surface area contributed by atoms with Crippen LogP contribution in [0.2, 0.25) is 0 Å². The number of rotatable bonds is 5. The van der Waals surface area contributed by atoms with Gasteiger partial charge in [0.25, 0.3) is 0 Å². The number of carbonyl (C=O) groups excluding carboxylic acids is 1. The molecule has 1 aromatic carbocycles. The van der Waals surface area contributed by atoms with Crippen molar-refractivity contribution < 1.29 is 18.0 Å². The molecule has 0 saturated carbocycles. The standard InChI is InChI=1S/C17H22F3NO/c1-12(2)10-21(11-17(18,19)20)16(22)9-14-8-7-13-5-3-4-6-15(13)14/h3-6,12,14H,7-11H2,1-2H3. The van der Waals surface area contributed by atoms with Crippen molar-refractivity contribution in [3.05, 3.63) is 35.4 Å². The van der Waals surface area contributed by atoms with Crippen LogP contribution in [-0.2, 0) is 11.2 Å². The predicted octanol–water partition coefficient (Wildman–Crippen LogP) is 4.15. The van der Waals surface area contributed by atoms with Crippen molar-refractivity contribution in [3.63, 3.8) is 0 Å². The normalized spacial score (nSPS) is 17.6. The molecule has 0 aliphatic heterocycles. The maximum absolute atomic E-state index is 12.7. The number of halogens is 3. The highest BCUT2D eigenvalue weighted by molar-refractivity contribution is 5.77. The molecule has 0 radical (unpaired) electrons. The lowest BCUT2D eigenvalue weighted by molar-refractivity contribution is -0.162. The summed E-state index contributed by atoms with van der Waals surface area (Å²) in [6.07, 6.45) is -2.44. The Morgan fingerprint density at radius 3 is 2.64 bits per heavy atom. The van der Waals surface area contributed by atoms with E-state index in [1.165, 1.54) is 5.56 Å². The second kappa shape index (κ2) is 6.71. The Morgan fingerprint density at radius 1 is 1.32 bits per heavy atom. The van der Waals surface area contributed by atoms with Gasteiger partial charge >= 0.3 is 6.18 Å². The molecular formula is C17H22F3NO. The van der Waals surface area contributed by atoms with Crippen molar-refractivity contribution in [3.8, 4) is 0 Å². The smallest absolute Gasteiger partial charge is 0.333 e. The minimum Gasteiger partial charge on any atom is -0.333 e. The Balaban J connectivity index is 2.05. The van der Waals surface area contributed by atoms with Crippen molar-refractivity contribution in [1.82, 2.24) is 4.90 Å². The second-order valence-electron chi connectivity index (χ2n) is 6.42. The fraction of sp³-hybridized carbons (Fsp3) is 0.588. The van der Waals surface area contributed by atoms with Crippen LogP contribution in [-0.4, -0.2) is 30.1 Å². The Kier molecular flexibility index (Phi) is 5.14. The van der Waals surface area contributed by atoms with E-state index in [1.54, 1.807) is 0 Å². The number of aryl methyl sites for hydroxylation is 1. The van der Waals surface area contributed by atoms with E-state index in [9.17, 15) is 18.0 Å². The molecule has 1 atom stereocenters. The molecule has 1 aliphatic rings. The van der Waals surface area contributed by atoms with Crippen LogP contribution in [0.5, 0.6) is 0 Å². The van der Waals surface area contributed by atoms with Gasteiger partial charge in [0.2, 0.25) is 5.91 Å². The fourth-order valence-electron chi connectivity index (χ4n) is 3.11. The minimum atomic E-state index is -4.35. The van der Waals surface area contributed by atoms with E-state index in [0.717, 1.165) is 23.3 Å². The molecular weight excluding hydrogens is 291 g/mol. The van der Waals surface area contributed by atoms with Crippen molar-refractivity contribution >= 4 is 5.91 Å². The van der Waals surface area contributed by atoms with Gasteiger partial charge in [-0.2, -0.15) is 13.2 Å². The van der Waals surface area contributed by atoms with Crippen LogP contribution in [0.3, 0.4) is 0 Å². The van der Waals surface area contributed by atoms with E-state index in [1.807, 2.05) is 38.1 Å². The molecule has 0 saturated heterocycles. The monoisotopic (exact) mass is 313 g/mol. The Morgan fingerprint density at radius 2 is 2.00 bits per heavy atom. The van der Waals surface area contributed by atoms with Gasteiger partial charge in [-0.3, -0.25) is 4.79 Å². The van der Waals surface area contributed by atoms with Gasteiger partial charge in [-0.1, -0.05) is 38.1 Å². The number of hydrogen-bond acceptors (Lipinski definition) is 1. The van der Waals surface area contributed by atoms with Crippen molar-refractivity contribution in [2.45, 2.75) is 45.2 Å². The lowest BCUT2D eigenvalue weighted by Gasteiger charge is -2.27. The molecule has 0 spiro atoms. The van der Waals surface area contributed by atoms with Crippen molar-refractivity contribution in [2.75, 3.05) is 13.1 Å². The summed E-state index contributed by atoms with van der Waals surface area (Å²) < 4.78 is 38.0. The highest BCUT2D eigenvalue weighted by atomic mass is 19.4. The Bertz CT molecular complexity index is 525. The zero-order valence-electron chi connectivity index (χ0n) is 13.0. The van der Waals surface area contributed by atoms with E-state index in [4.69, 9.17) is 0 Å². The van der Waals surface area contributed by atoms with Crippen LogP contribution in [0, 0.1) is 5.92 Å². The molecule has 2 nitrogen and oxygen atoms in total. The number of hydrogen-bond donors (Lipinski definition) is 0. The average Bonchev–Trinajstić information content (AvgIpc) is 2.79. The quantitative estimate of drug-likeness (QED) is 0.799. The largest absolute Gasteiger partial charge is 0.406 e. The van der Waals surface area contributed by atoms with E-state index in [0.29, 0.717) is 0 Å². The fourth-order valence-corrected chi connectivity index (χ4v) is 3.11. The van der Waals surface area contributed by atoms with Gasteiger partial charge in [0, 0.05) is 13.0 Å². The van der Waals surface area contributed by atoms with Gasteiger partial charge in [-0.05, 0) is 35.8 Å². The van der Waals surface area contributed by atoms with E-state index >= 15 is 0 Å². The van der Waals surface area contributed by atoms with Gasteiger partial charge in [-0.25, -0.2) is 0 Å². The zero-order chi connectivity index (χ0) is 16.3. The van der Waals surface area contributed by atoms with E-state index in [-0.39, 0.29) is 24.8 Å². The maximum atomic E-state index is 12.7. The summed E-state index contributed by atoms with van der Waals surface area (Å²) in [5.41, 5.74) is 2.33. The van der Waals surface area contributed by atoms with Crippen LogP contribution >= 0.6 is 0 Å². The highest BCUT2D eigenvalue weighted by Gasteiger charge is 2.34. The molecule has 1 aliphatic carbocycles. The summed E-state index contributed by atoms with van der Waals surface area (Å²) in [5, 5.41) is 0. The molecule has 122 valence electrons. The van der Waals surface area contributed by atoms with Crippen molar-refractivity contribution in [2.24, 2.45) is 5.92 Å². The molecule has 2 rings (SSSR count). The van der Waals surface area contributed by atoms with Gasteiger partial charge in [0.15, 0.2) is 0 Å². The lowest BCUT2D eigenvalue weighted by Crippen LogP contribution is -2.41. The number of carbonyl (C=O) groups is 1. The first-order valence-electron chi connectivity index (χ1n) is 7.68. The average molecular weight is 313 g/mol. The SMILES string of the molecule is CC(C)CN(CC(F)(F)F)C(=O)CC1CCc2ccccc21. The molecule has 5 heteroatoms. The molecule has 1 aromatic rings. The third kappa shape index (κ3) is 4.49. The third-order valence-electron chi connectivity index (χ3n) is 3.99. The minimum absolute atomic E-state index is 0.0159. The Hall–Kier alpha value is -1.52. The summed E-state index contributed by atoms with van der Waals surface area (Å²) >= 11 is 0. The van der Waals surface area contributed by atoms with Crippen LogP contribution < -0.4 is 0 Å². The molecule has 0 aromatic heterocycles. The van der Waals surface area contributed by atoms with Crippen molar-refractivity contribution in [1.29, 1.82) is 0 Å². The summed E-state index contributed by atoms with van der Waals surface area (Å²) in [5.74, 6) is -0.332. The molecule has 0 fully saturated rings. The summed E-state index contributed by atoms with van der Waals surface area (Å²) in [4.78, 5) is 13.3. The number of amides is 1. The number of alkyl halides is 3. The first kappa shape index (κ1) is 16.8. The number of fused-ring (bicyclic) bond motifs is 1.